The van der Waals surface area contributed by atoms with Gasteiger partial charge < -0.3 is 9.84 Å². The summed E-state index contributed by atoms with van der Waals surface area (Å²) in [5.74, 6) is 6.40. The molecule has 0 radical (unpaired) electrons. The van der Waals surface area contributed by atoms with E-state index in [2.05, 4.69) is 41.5 Å². The third kappa shape index (κ3) is 5.10. The second-order valence-corrected chi connectivity index (χ2v) is 14.4. The molecule has 0 heterocycles. The summed E-state index contributed by atoms with van der Waals surface area (Å²) in [6.07, 6.45) is 14.8. The van der Waals surface area contributed by atoms with E-state index in [9.17, 15) is 9.90 Å². The Labute approximate surface area is 216 Å². The number of hydrogen-bond donors (Lipinski definition) is 1. The Kier molecular flexibility index (Phi) is 8.36. The molecule has 1 N–H and O–H groups in total. The molecule has 4 aliphatic carbocycles. The molecule has 4 aliphatic rings. The summed E-state index contributed by atoms with van der Waals surface area (Å²) < 4.78 is 5.68. The second kappa shape index (κ2) is 10.7. The Hall–Kier alpha value is -0.570. The first-order valence-corrected chi connectivity index (χ1v) is 15.4. The van der Waals surface area contributed by atoms with Gasteiger partial charge in [0, 0.05) is 0 Å². The Morgan fingerprint density at radius 2 is 1.60 bits per heavy atom. The topological polar surface area (TPSA) is 46.5 Å². The van der Waals surface area contributed by atoms with Gasteiger partial charge in [0.1, 0.15) is 12.2 Å². The van der Waals surface area contributed by atoms with Crippen LogP contribution in [0.25, 0.3) is 0 Å². The molecule has 0 saturated heterocycles. The minimum Gasteiger partial charge on any atom is -0.460 e. The first-order valence-electron chi connectivity index (χ1n) is 15.4. The molecule has 3 nitrogen and oxygen atoms in total. The van der Waals surface area contributed by atoms with Gasteiger partial charge in [0.2, 0.25) is 0 Å². The fourth-order valence-corrected chi connectivity index (χ4v) is 10.3. The van der Waals surface area contributed by atoms with Crippen LogP contribution in [0.4, 0.5) is 0 Å². The van der Waals surface area contributed by atoms with Gasteiger partial charge in [-0.15, -0.1) is 0 Å². The standard InChI is InChI=1S/C32H56O3/c1-8-23(20(2)3)10-9-21(4)27-13-14-28-26-12-11-24-19-25(35-30(34)22(5)33)15-17-31(24,6)29(26)16-18-32(27,28)7/h20-29,33H,8-19H2,1-7H3/t21?,22?,23-,24?,25?,26?,27?,28?,29?,31?,32?/m1/s1. The lowest BCUT2D eigenvalue weighted by molar-refractivity contribution is -0.170. The molecule has 4 fully saturated rings. The van der Waals surface area contributed by atoms with Crippen molar-refractivity contribution >= 4 is 5.97 Å². The van der Waals surface area contributed by atoms with E-state index in [1.54, 1.807) is 0 Å². The van der Waals surface area contributed by atoms with Gasteiger partial charge in [-0.3, -0.25) is 0 Å². The van der Waals surface area contributed by atoms with Crippen LogP contribution in [-0.4, -0.2) is 23.3 Å². The van der Waals surface area contributed by atoms with Gasteiger partial charge in [-0.05, 0) is 129 Å². The molecule has 0 aromatic carbocycles. The number of fused-ring (bicyclic) bond motifs is 5. The summed E-state index contributed by atoms with van der Waals surface area (Å²) in [7, 11) is 0. The molecule has 35 heavy (non-hydrogen) atoms. The summed E-state index contributed by atoms with van der Waals surface area (Å²) in [4.78, 5) is 12.0. The molecule has 10 unspecified atom stereocenters. The molecule has 0 aromatic rings. The number of hydrogen-bond acceptors (Lipinski definition) is 3. The van der Waals surface area contributed by atoms with Crippen molar-refractivity contribution in [3.05, 3.63) is 0 Å². The third-order valence-electron chi connectivity index (χ3n) is 12.5. The summed E-state index contributed by atoms with van der Waals surface area (Å²) in [6.45, 7) is 16.6. The van der Waals surface area contributed by atoms with E-state index in [1.807, 2.05) is 0 Å². The summed E-state index contributed by atoms with van der Waals surface area (Å²) in [5.41, 5.74) is 0.959. The van der Waals surface area contributed by atoms with E-state index in [4.69, 9.17) is 4.74 Å². The summed E-state index contributed by atoms with van der Waals surface area (Å²) in [5, 5.41) is 9.58. The van der Waals surface area contributed by atoms with E-state index < -0.39 is 12.1 Å². The highest BCUT2D eigenvalue weighted by Gasteiger charge is 2.60. The van der Waals surface area contributed by atoms with Gasteiger partial charge in [0.05, 0.1) is 0 Å². The lowest BCUT2D eigenvalue weighted by atomic mass is 9.44. The number of aliphatic hydroxyl groups is 1. The molecule has 202 valence electrons. The monoisotopic (exact) mass is 488 g/mol. The number of esters is 1. The van der Waals surface area contributed by atoms with E-state index in [-0.39, 0.29) is 6.10 Å². The number of aliphatic hydroxyl groups excluding tert-OH is 1. The van der Waals surface area contributed by atoms with E-state index in [1.165, 1.54) is 71.1 Å². The van der Waals surface area contributed by atoms with E-state index >= 15 is 0 Å². The molecule has 0 aliphatic heterocycles. The maximum atomic E-state index is 12.0. The smallest absolute Gasteiger partial charge is 0.334 e. The summed E-state index contributed by atoms with van der Waals surface area (Å²) >= 11 is 0. The van der Waals surface area contributed by atoms with Crippen molar-refractivity contribution in [3.63, 3.8) is 0 Å². The van der Waals surface area contributed by atoms with E-state index in [0.717, 1.165) is 54.3 Å². The number of ether oxygens (including phenoxy) is 1. The van der Waals surface area contributed by atoms with Gasteiger partial charge in [0.15, 0.2) is 0 Å². The van der Waals surface area contributed by atoms with Crippen molar-refractivity contribution in [1.82, 2.24) is 0 Å². The predicted octanol–water partition coefficient (Wildman–Crippen LogP) is 8.04. The zero-order valence-electron chi connectivity index (χ0n) is 24.0. The van der Waals surface area contributed by atoms with Crippen LogP contribution in [0.15, 0.2) is 0 Å². The molecule has 0 bridgehead atoms. The first kappa shape index (κ1) is 27.5. The van der Waals surface area contributed by atoms with Crippen molar-refractivity contribution in [2.75, 3.05) is 0 Å². The van der Waals surface area contributed by atoms with Crippen LogP contribution >= 0.6 is 0 Å². The Morgan fingerprint density at radius 3 is 2.26 bits per heavy atom. The molecule has 0 aromatic heterocycles. The molecule has 11 atom stereocenters. The third-order valence-corrected chi connectivity index (χ3v) is 12.5. The predicted molar refractivity (Wildman–Crippen MR) is 144 cm³/mol. The Morgan fingerprint density at radius 1 is 0.914 bits per heavy atom. The lowest BCUT2D eigenvalue weighted by Crippen LogP contribution is -2.54. The highest BCUT2D eigenvalue weighted by molar-refractivity contribution is 5.74. The zero-order chi connectivity index (χ0) is 25.5. The fourth-order valence-electron chi connectivity index (χ4n) is 10.3. The normalized spacial score (nSPS) is 43.6. The van der Waals surface area contributed by atoms with Crippen LogP contribution < -0.4 is 0 Å². The number of rotatable bonds is 8. The molecule has 4 rings (SSSR count). The van der Waals surface area contributed by atoms with E-state index in [0.29, 0.717) is 16.7 Å². The van der Waals surface area contributed by atoms with Crippen LogP contribution in [0.2, 0.25) is 0 Å². The molecule has 3 heteroatoms. The maximum absolute atomic E-state index is 12.0. The molecular weight excluding hydrogens is 432 g/mol. The van der Waals surface area contributed by atoms with Crippen LogP contribution in [0, 0.1) is 58.2 Å². The maximum Gasteiger partial charge on any atom is 0.334 e. The van der Waals surface area contributed by atoms with Crippen LogP contribution in [0.5, 0.6) is 0 Å². The largest absolute Gasteiger partial charge is 0.460 e. The Bertz CT molecular complexity index is 730. The van der Waals surface area contributed by atoms with Gasteiger partial charge >= 0.3 is 5.97 Å². The molecule has 0 spiro atoms. The van der Waals surface area contributed by atoms with Crippen molar-refractivity contribution in [2.24, 2.45) is 58.2 Å². The summed E-state index contributed by atoms with van der Waals surface area (Å²) in [6, 6.07) is 0. The van der Waals surface area contributed by atoms with Crippen molar-refractivity contribution in [3.8, 4) is 0 Å². The highest BCUT2D eigenvalue weighted by Crippen LogP contribution is 2.68. The lowest BCUT2D eigenvalue weighted by Gasteiger charge is -2.61. The first-order chi connectivity index (χ1) is 16.5. The Balaban J connectivity index is 1.40. The number of carbonyl (C=O) groups is 1. The van der Waals surface area contributed by atoms with Gasteiger partial charge in [-0.2, -0.15) is 0 Å². The van der Waals surface area contributed by atoms with Crippen molar-refractivity contribution in [2.45, 2.75) is 138 Å². The van der Waals surface area contributed by atoms with Crippen LogP contribution in [-0.2, 0) is 9.53 Å². The van der Waals surface area contributed by atoms with Gasteiger partial charge in [-0.25, -0.2) is 4.79 Å². The molecule has 4 saturated carbocycles. The zero-order valence-corrected chi connectivity index (χ0v) is 24.0. The average molecular weight is 489 g/mol. The van der Waals surface area contributed by atoms with Gasteiger partial charge in [0.25, 0.3) is 0 Å². The molecular formula is C32H56O3. The van der Waals surface area contributed by atoms with Crippen molar-refractivity contribution in [1.29, 1.82) is 0 Å². The minimum atomic E-state index is -1.01. The van der Waals surface area contributed by atoms with Crippen molar-refractivity contribution < 1.29 is 14.6 Å². The fraction of sp³-hybridized carbons (Fsp3) is 0.969. The highest BCUT2D eigenvalue weighted by atomic mass is 16.6. The molecule has 0 amide bonds. The van der Waals surface area contributed by atoms with Crippen LogP contribution in [0.3, 0.4) is 0 Å². The quantitative estimate of drug-likeness (QED) is 0.352. The second-order valence-electron chi connectivity index (χ2n) is 14.4. The number of carbonyl (C=O) groups excluding carboxylic acids is 1. The average Bonchev–Trinajstić information content (AvgIpc) is 3.16. The minimum absolute atomic E-state index is 0.00933. The SMILES string of the molecule is CC[C@H](CCC(C)C1CCC2C3CCC4CC(OC(=O)C(C)O)CCC4(C)C3CCC12C)C(C)C. The van der Waals surface area contributed by atoms with Crippen LogP contribution in [0.1, 0.15) is 126 Å². The van der Waals surface area contributed by atoms with Gasteiger partial charge in [-0.1, -0.05) is 54.4 Å².